The molecule has 136 valence electrons. The maximum Gasteiger partial charge on any atom is 0.325 e. The van der Waals surface area contributed by atoms with E-state index in [-0.39, 0.29) is 24.3 Å². The van der Waals surface area contributed by atoms with Gasteiger partial charge in [0.15, 0.2) is 0 Å². The molecule has 0 radical (unpaired) electrons. The molecule has 0 bridgehead atoms. The number of carbonyl (C=O) groups is 2. The van der Waals surface area contributed by atoms with Crippen molar-refractivity contribution in [2.45, 2.75) is 19.8 Å². The number of amides is 3. The molecule has 1 aliphatic rings. The normalized spacial score (nSPS) is 14.2. The van der Waals surface area contributed by atoms with Crippen LogP contribution in [0.4, 0.5) is 20.6 Å². The van der Waals surface area contributed by atoms with Gasteiger partial charge >= 0.3 is 6.03 Å². The van der Waals surface area contributed by atoms with Crippen LogP contribution in [0, 0.1) is 5.82 Å². The van der Waals surface area contributed by atoms with E-state index in [1.807, 2.05) is 24.3 Å². The van der Waals surface area contributed by atoms with Gasteiger partial charge in [0, 0.05) is 24.5 Å². The fourth-order valence-electron chi connectivity index (χ4n) is 2.92. The van der Waals surface area contributed by atoms with Gasteiger partial charge in [-0.15, -0.1) is 0 Å². The lowest BCUT2D eigenvalue weighted by Gasteiger charge is -2.18. The second kappa shape index (κ2) is 7.56. The molecule has 5 nitrogen and oxygen atoms in total. The predicted octanol–water partition coefficient (Wildman–Crippen LogP) is 3.83. The highest BCUT2D eigenvalue weighted by atomic mass is 19.1. The number of hydrogen-bond donors (Lipinski definition) is 1. The first-order valence-corrected chi connectivity index (χ1v) is 8.66. The summed E-state index contributed by atoms with van der Waals surface area (Å²) in [5.41, 5.74) is 2.54. The van der Waals surface area contributed by atoms with Crippen LogP contribution in [0.3, 0.4) is 0 Å². The van der Waals surface area contributed by atoms with Crippen LogP contribution in [0.25, 0.3) is 0 Å². The molecule has 0 aromatic heterocycles. The van der Waals surface area contributed by atoms with Crippen molar-refractivity contribution in [3.05, 3.63) is 59.9 Å². The number of anilines is 2. The first-order chi connectivity index (χ1) is 12.4. The van der Waals surface area contributed by atoms with E-state index in [2.05, 4.69) is 19.2 Å². The number of benzene rings is 2. The number of halogens is 1. The molecule has 3 amide bonds. The fraction of sp³-hybridized carbons (Fsp3) is 0.300. The van der Waals surface area contributed by atoms with Gasteiger partial charge in [-0.3, -0.25) is 9.69 Å². The molecule has 2 aromatic carbocycles. The maximum atomic E-state index is 13.0. The van der Waals surface area contributed by atoms with Gasteiger partial charge in [0.25, 0.3) is 0 Å². The molecule has 6 heteroatoms. The van der Waals surface area contributed by atoms with Gasteiger partial charge in [-0.2, -0.15) is 0 Å². The van der Waals surface area contributed by atoms with Crippen LogP contribution >= 0.6 is 0 Å². The molecule has 0 aliphatic carbocycles. The van der Waals surface area contributed by atoms with Crippen molar-refractivity contribution in [2.24, 2.45) is 0 Å². The largest absolute Gasteiger partial charge is 0.325 e. The van der Waals surface area contributed by atoms with Crippen LogP contribution in [0.2, 0.25) is 0 Å². The van der Waals surface area contributed by atoms with E-state index in [1.54, 1.807) is 17.0 Å². The average molecular weight is 355 g/mol. The van der Waals surface area contributed by atoms with E-state index in [0.29, 0.717) is 30.4 Å². The van der Waals surface area contributed by atoms with Crippen molar-refractivity contribution in [1.82, 2.24) is 4.90 Å². The Balaban J connectivity index is 1.58. The van der Waals surface area contributed by atoms with Crippen LogP contribution in [0.15, 0.2) is 48.5 Å². The summed E-state index contributed by atoms with van der Waals surface area (Å²) < 4.78 is 13.0. The van der Waals surface area contributed by atoms with E-state index < -0.39 is 0 Å². The average Bonchev–Trinajstić information content (AvgIpc) is 2.97. The number of carbonyl (C=O) groups excluding carboxylic acids is 2. The minimum Gasteiger partial charge on any atom is -0.325 e. The fourth-order valence-corrected chi connectivity index (χ4v) is 2.92. The van der Waals surface area contributed by atoms with Crippen molar-refractivity contribution in [1.29, 1.82) is 0 Å². The molecule has 26 heavy (non-hydrogen) atoms. The SMILES string of the molecule is CC(C)c1ccc(NC(=O)CN2CCN(c3ccc(F)cc3)C2=O)cc1. The summed E-state index contributed by atoms with van der Waals surface area (Å²) in [5.74, 6) is -0.156. The zero-order valence-corrected chi connectivity index (χ0v) is 14.9. The second-order valence-corrected chi connectivity index (χ2v) is 6.66. The number of nitrogens with zero attached hydrogens (tertiary/aromatic N) is 2. The van der Waals surface area contributed by atoms with Gasteiger partial charge in [0.05, 0.1) is 0 Å². The van der Waals surface area contributed by atoms with Gasteiger partial charge < -0.3 is 10.2 Å². The summed E-state index contributed by atoms with van der Waals surface area (Å²) in [6, 6.07) is 13.2. The summed E-state index contributed by atoms with van der Waals surface area (Å²) in [6.07, 6.45) is 0. The summed E-state index contributed by atoms with van der Waals surface area (Å²) in [5, 5.41) is 2.82. The molecule has 1 aliphatic heterocycles. The molecule has 2 aromatic rings. The lowest BCUT2D eigenvalue weighted by Crippen LogP contribution is -2.37. The zero-order valence-electron chi connectivity index (χ0n) is 14.9. The van der Waals surface area contributed by atoms with Crippen LogP contribution < -0.4 is 10.2 Å². The molecule has 1 N–H and O–H groups in total. The second-order valence-electron chi connectivity index (χ2n) is 6.66. The molecular formula is C20H22FN3O2. The highest BCUT2D eigenvalue weighted by molar-refractivity contribution is 5.99. The topological polar surface area (TPSA) is 52.7 Å². The minimum atomic E-state index is -0.347. The lowest BCUT2D eigenvalue weighted by molar-refractivity contribution is -0.116. The first-order valence-electron chi connectivity index (χ1n) is 8.66. The quantitative estimate of drug-likeness (QED) is 0.886. The molecule has 1 fully saturated rings. The zero-order chi connectivity index (χ0) is 18.7. The Bertz CT molecular complexity index is 788. The Labute approximate surface area is 152 Å². The third-order valence-corrected chi connectivity index (χ3v) is 4.43. The van der Waals surface area contributed by atoms with E-state index in [1.165, 1.54) is 22.6 Å². The molecule has 0 spiro atoms. The predicted molar refractivity (Wildman–Crippen MR) is 99.9 cm³/mol. The van der Waals surface area contributed by atoms with Crippen molar-refractivity contribution >= 4 is 23.3 Å². The molecule has 1 heterocycles. The summed E-state index contributed by atoms with van der Waals surface area (Å²) in [6.45, 7) is 5.14. The molecule has 3 rings (SSSR count). The smallest absolute Gasteiger partial charge is 0.325 e. The van der Waals surface area contributed by atoms with Gasteiger partial charge in [0.1, 0.15) is 12.4 Å². The molecule has 1 saturated heterocycles. The summed E-state index contributed by atoms with van der Waals surface area (Å²) in [7, 11) is 0. The minimum absolute atomic E-state index is 0.0114. The van der Waals surface area contributed by atoms with Crippen molar-refractivity contribution in [2.75, 3.05) is 29.9 Å². The lowest BCUT2D eigenvalue weighted by atomic mass is 10.0. The van der Waals surface area contributed by atoms with Crippen LogP contribution in [-0.4, -0.2) is 36.5 Å². The molecular weight excluding hydrogens is 333 g/mol. The highest BCUT2D eigenvalue weighted by Gasteiger charge is 2.30. The van der Waals surface area contributed by atoms with Gasteiger partial charge in [0.2, 0.25) is 5.91 Å². The molecule has 0 unspecified atom stereocenters. The van der Waals surface area contributed by atoms with Crippen molar-refractivity contribution < 1.29 is 14.0 Å². The van der Waals surface area contributed by atoms with Gasteiger partial charge in [-0.25, -0.2) is 9.18 Å². The summed E-state index contributed by atoms with van der Waals surface area (Å²) >= 11 is 0. The Morgan fingerprint density at radius 1 is 1.08 bits per heavy atom. The maximum absolute atomic E-state index is 13.0. The van der Waals surface area contributed by atoms with E-state index in [0.717, 1.165) is 0 Å². The number of rotatable bonds is 5. The third kappa shape index (κ3) is 4.02. The monoisotopic (exact) mass is 355 g/mol. The Kier molecular flexibility index (Phi) is 5.21. The van der Waals surface area contributed by atoms with E-state index in [4.69, 9.17) is 0 Å². The highest BCUT2D eigenvalue weighted by Crippen LogP contribution is 2.21. The Morgan fingerprint density at radius 3 is 2.35 bits per heavy atom. The Hall–Kier alpha value is -2.89. The van der Waals surface area contributed by atoms with E-state index >= 15 is 0 Å². The standard InChI is InChI=1S/C20H22FN3O2/c1-14(2)15-3-7-17(8-4-15)22-19(25)13-23-11-12-24(20(23)26)18-9-5-16(21)6-10-18/h3-10,14H,11-13H2,1-2H3,(H,22,25). The molecule has 0 atom stereocenters. The van der Waals surface area contributed by atoms with Gasteiger partial charge in [-0.05, 0) is 47.9 Å². The first kappa shape index (κ1) is 17.9. The van der Waals surface area contributed by atoms with Crippen LogP contribution in [-0.2, 0) is 4.79 Å². The molecule has 0 saturated carbocycles. The van der Waals surface area contributed by atoms with Crippen molar-refractivity contribution in [3.63, 3.8) is 0 Å². The Morgan fingerprint density at radius 2 is 1.73 bits per heavy atom. The number of urea groups is 1. The van der Waals surface area contributed by atoms with Gasteiger partial charge in [-0.1, -0.05) is 26.0 Å². The van der Waals surface area contributed by atoms with Crippen molar-refractivity contribution in [3.8, 4) is 0 Å². The third-order valence-electron chi connectivity index (χ3n) is 4.43. The van der Waals surface area contributed by atoms with Crippen LogP contribution in [0.1, 0.15) is 25.3 Å². The number of nitrogens with one attached hydrogen (secondary N) is 1. The van der Waals surface area contributed by atoms with Crippen LogP contribution in [0.5, 0.6) is 0 Å². The number of hydrogen-bond acceptors (Lipinski definition) is 2. The van der Waals surface area contributed by atoms with E-state index in [9.17, 15) is 14.0 Å². The summed E-state index contributed by atoms with van der Waals surface area (Å²) in [4.78, 5) is 27.8.